The third-order valence-electron chi connectivity index (χ3n) is 5.73. The molecule has 0 saturated carbocycles. The van der Waals surface area contributed by atoms with E-state index in [0.29, 0.717) is 11.5 Å². The number of carbonyl (C=O) groups is 1. The van der Waals surface area contributed by atoms with Crippen LogP contribution in [-0.2, 0) is 4.79 Å². The van der Waals surface area contributed by atoms with Crippen molar-refractivity contribution in [1.82, 2.24) is 25.2 Å². The molecule has 4 aromatic rings. The fraction of sp³-hybridized carbons (Fsp3) is 0.182. The molecule has 1 amide bonds. The van der Waals surface area contributed by atoms with E-state index in [1.807, 2.05) is 69.4 Å². The minimum absolute atomic E-state index is 0.190. The molecule has 3 N–H and O–H groups in total. The second kappa shape index (κ2) is 6.84. The zero-order chi connectivity index (χ0) is 20.8. The van der Waals surface area contributed by atoms with Crippen molar-refractivity contribution in [3.63, 3.8) is 0 Å². The summed E-state index contributed by atoms with van der Waals surface area (Å²) >= 11 is 0. The van der Waals surface area contributed by atoms with Crippen molar-refractivity contribution in [3.05, 3.63) is 76.6 Å². The molecule has 5 rings (SSSR count). The lowest BCUT2D eigenvalue weighted by molar-refractivity contribution is -0.113. The Morgan fingerprint density at radius 2 is 1.93 bits per heavy atom. The predicted octanol–water partition coefficient (Wildman–Crippen LogP) is 3.70. The lowest BCUT2D eigenvalue weighted by Gasteiger charge is -2.27. The van der Waals surface area contributed by atoms with Gasteiger partial charge in [0.15, 0.2) is 0 Å². The molecule has 0 bridgehead atoms. The number of benzene rings is 2. The van der Waals surface area contributed by atoms with Gasteiger partial charge in [-0.15, -0.1) is 0 Å². The molecule has 8 nitrogen and oxygen atoms in total. The number of hydrogen-bond acceptors (Lipinski definition) is 5. The number of tetrazole rings is 1. The van der Waals surface area contributed by atoms with Gasteiger partial charge in [-0.2, -0.15) is 4.68 Å². The van der Waals surface area contributed by atoms with Gasteiger partial charge in [-0.05, 0) is 54.5 Å². The molecule has 0 fully saturated rings. The number of para-hydroxylation sites is 1. The Hall–Kier alpha value is -3.94. The van der Waals surface area contributed by atoms with Gasteiger partial charge in [-0.3, -0.25) is 4.79 Å². The molecular weight excluding hydrogens is 378 g/mol. The van der Waals surface area contributed by atoms with Crippen LogP contribution in [-0.4, -0.2) is 31.1 Å². The summed E-state index contributed by atoms with van der Waals surface area (Å²) in [5, 5.41) is 19.3. The number of amides is 1. The largest absolute Gasteiger partial charge is 0.361 e. The molecule has 150 valence electrons. The fourth-order valence-electron chi connectivity index (χ4n) is 3.99. The number of aromatic amines is 1. The highest BCUT2D eigenvalue weighted by atomic mass is 16.1. The predicted molar refractivity (Wildman–Crippen MR) is 115 cm³/mol. The Labute approximate surface area is 173 Å². The summed E-state index contributed by atoms with van der Waals surface area (Å²) in [6, 6.07) is 13.4. The van der Waals surface area contributed by atoms with Gasteiger partial charge in [0.2, 0.25) is 5.95 Å². The van der Waals surface area contributed by atoms with E-state index in [1.54, 1.807) is 4.68 Å². The highest BCUT2D eigenvalue weighted by molar-refractivity contribution is 6.07. The summed E-state index contributed by atoms with van der Waals surface area (Å²) in [5.74, 6) is 0.316. The van der Waals surface area contributed by atoms with Crippen molar-refractivity contribution in [2.75, 3.05) is 10.6 Å². The number of allylic oxidation sites excluding steroid dienone is 1. The van der Waals surface area contributed by atoms with Crippen LogP contribution in [0.2, 0.25) is 0 Å². The van der Waals surface area contributed by atoms with E-state index in [-0.39, 0.29) is 5.91 Å². The van der Waals surface area contributed by atoms with Gasteiger partial charge in [0.1, 0.15) is 6.04 Å². The molecule has 2 aromatic heterocycles. The lowest BCUT2D eigenvalue weighted by atomic mass is 9.94. The van der Waals surface area contributed by atoms with E-state index < -0.39 is 6.04 Å². The van der Waals surface area contributed by atoms with Gasteiger partial charge in [0.25, 0.3) is 5.91 Å². The van der Waals surface area contributed by atoms with Crippen LogP contribution in [0.4, 0.5) is 11.6 Å². The Morgan fingerprint density at radius 3 is 2.80 bits per heavy atom. The fourth-order valence-corrected chi connectivity index (χ4v) is 3.99. The zero-order valence-corrected chi connectivity index (χ0v) is 16.9. The van der Waals surface area contributed by atoms with Crippen molar-refractivity contribution in [2.45, 2.75) is 26.8 Å². The van der Waals surface area contributed by atoms with Gasteiger partial charge in [0.05, 0.1) is 5.57 Å². The van der Waals surface area contributed by atoms with Gasteiger partial charge in [-0.25, -0.2) is 0 Å². The Kier molecular flexibility index (Phi) is 4.13. The van der Waals surface area contributed by atoms with Crippen molar-refractivity contribution in [3.8, 4) is 0 Å². The highest BCUT2D eigenvalue weighted by Crippen LogP contribution is 2.38. The van der Waals surface area contributed by atoms with E-state index in [2.05, 4.69) is 31.1 Å². The smallest absolute Gasteiger partial charge is 0.255 e. The average Bonchev–Trinajstić information content (AvgIpc) is 3.37. The number of hydrogen-bond donors (Lipinski definition) is 3. The Morgan fingerprint density at radius 1 is 1.10 bits per heavy atom. The molecular formula is C22H21N7O. The molecule has 1 aliphatic rings. The van der Waals surface area contributed by atoms with Crippen molar-refractivity contribution in [2.24, 2.45) is 0 Å². The SMILES string of the molecule is CC1=C(C(=O)Nc2cccc(C)c2C)[C@H](c2c[nH]c3ccccc23)n2nnnc2N1. The topological polar surface area (TPSA) is 101 Å². The van der Waals surface area contributed by atoms with E-state index >= 15 is 0 Å². The summed E-state index contributed by atoms with van der Waals surface area (Å²) in [4.78, 5) is 16.8. The molecule has 1 atom stereocenters. The molecule has 1 aliphatic heterocycles. The minimum Gasteiger partial charge on any atom is -0.361 e. The summed E-state index contributed by atoms with van der Waals surface area (Å²) in [7, 11) is 0. The van der Waals surface area contributed by atoms with Crippen LogP contribution in [0, 0.1) is 13.8 Å². The second-order valence-electron chi connectivity index (χ2n) is 7.50. The third kappa shape index (κ3) is 2.76. The maximum absolute atomic E-state index is 13.5. The molecule has 0 spiro atoms. The second-order valence-corrected chi connectivity index (χ2v) is 7.50. The minimum atomic E-state index is -0.461. The molecule has 2 aromatic carbocycles. The van der Waals surface area contributed by atoms with E-state index in [4.69, 9.17) is 0 Å². The number of aromatic nitrogens is 5. The number of carbonyl (C=O) groups excluding carboxylic acids is 1. The van der Waals surface area contributed by atoms with Crippen LogP contribution in [0.1, 0.15) is 29.7 Å². The monoisotopic (exact) mass is 399 g/mol. The maximum atomic E-state index is 13.5. The van der Waals surface area contributed by atoms with Crippen LogP contribution in [0.25, 0.3) is 10.9 Å². The summed E-state index contributed by atoms with van der Waals surface area (Å²) in [6.07, 6.45) is 1.92. The van der Waals surface area contributed by atoms with Crippen LogP contribution >= 0.6 is 0 Å². The van der Waals surface area contributed by atoms with Crippen LogP contribution in [0.15, 0.2) is 59.9 Å². The van der Waals surface area contributed by atoms with Crippen molar-refractivity contribution in [1.29, 1.82) is 0 Å². The number of H-pyrrole nitrogens is 1. The molecule has 0 unspecified atom stereocenters. The van der Waals surface area contributed by atoms with E-state index in [0.717, 1.165) is 39.0 Å². The normalized spacial score (nSPS) is 15.8. The molecule has 0 aliphatic carbocycles. The Balaban J connectivity index is 1.63. The van der Waals surface area contributed by atoms with E-state index in [1.165, 1.54) is 0 Å². The number of nitrogens with zero attached hydrogens (tertiary/aromatic N) is 4. The van der Waals surface area contributed by atoms with Gasteiger partial charge in [-0.1, -0.05) is 35.4 Å². The molecule has 30 heavy (non-hydrogen) atoms. The quantitative estimate of drug-likeness (QED) is 0.488. The molecule has 3 heterocycles. The number of anilines is 2. The molecule has 0 radical (unpaired) electrons. The average molecular weight is 399 g/mol. The lowest BCUT2D eigenvalue weighted by Crippen LogP contribution is -2.31. The third-order valence-corrected chi connectivity index (χ3v) is 5.73. The zero-order valence-electron chi connectivity index (χ0n) is 16.9. The van der Waals surface area contributed by atoms with E-state index in [9.17, 15) is 4.79 Å². The van der Waals surface area contributed by atoms with Crippen molar-refractivity contribution >= 4 is 28.4 Å². The molecule has 0 saturated heterocycles. The number of aryl methyl sites for hydroxylation is 1. The first-order valence-electron chi connectivity index (χ1n) is 9.74. The van der Waals surface area contributed by atoms with Crippen LogP contribution < -0.4 is 10.6 Å². The summed E-state index contributed by atoms with van der Waals surface area (Å²) in [6.45, 7) is 5.90. The summed E-state index contributed by atoms with van der Waals surface area (Å²) in [5.41, 5.74) is 6.17. The van der Waals surface area contributed by atoms with Crippen LogP contribution in [0.5, 0.6) is 0 Å². The highest BCUT2D eigenvalue weighted by Gasteiger charge is 2.35. The molecule has 8 heteroatoms. The first-order chi connectivity index (χ1) is 14.5. The first-order valence-corrected chi connectivity index (χ1v) is 9.74. The number of rotatable bonds is 3. The maximum Gasteiger partial charge on any atom is 0.255 e. The van der Waals surface area contributed by atoms with Crippen molar-refractivity contribution < 1.29 is 4.79 Å². The Bertz CT molecular complexity index is 1310. The van der Waals surface area contributed by atoms with Crippen LogP contribution in [0.3, 0.4) is 0 Å². The van der Waals surface area contributed by atoms with Gasteiger partial charge >= 0.3 is 0 Å². The summed E-state index contributed by atoms with van der Waals surface area (Å²) < 4.78 is 1.65. The first kappa shape index (κ1) is 18.1. The number of fused-ring (bicyclic) bond motifs is 2. The van der Waals surface area contributed by atoms with Gasteiger partial charge < -0.3 is 15.6 Å². The number of nitrogens with one attached hydrogen (secondary N) is 3. The standard InChI is InChI=1S/C22H21N7O/c1-12-7-6-10-17(13(12)2)25-21(30)19-14(3)24-22-26-27-28-29(22)20(19)16-11-23-18-9-5-4-8-15(16)18/h4-11,20,23H,1-3H3,(H,25,30)(H,24,26,28)/t20-/m0/s1. The van der Waals surface area contributed by atoms with Gasteiger partial charge in [0, 0.05) is 34.0 Å².